The Morgan fingerprint density at radius 3 is 0.500 bits per heavy atom. The topological polar surface area (TPSA) is 0 Å². The van der Waals surface area contributed by atoms with Crippen molar-refractivity contribution < 1.29 is 86.2 Å². The maximum Gasteiger partial charge on any atom is 0 e. The molecule has 0 bridgehead atoms. The van der Waals surface area contributed by atoms with E-state index in [0.717, 1.165) is 0 Å². The molecule has 0 amide bonds. The standard InChI is InChI=1S/3Ti.W. The van der Waals surface area contributed by atoms with Gasteiger partial charge in [0.25, 0.3) is 0 Å². The van der Waals surface area contributed by atoms with E-state index in [1.54, 1.807) is 0 Å². The van der Waals surface area contributed by atoms with Crippen molar-refractivity contribution in [1.29, 1.82) is 0 Å². The minimum Gasteiger partial charge on any atom is 0 e. The van der Waals surface area contributed by atoms with Crippen LogP contribution in [0.2, 0.25) is 0 Å². The summed E-state index contributed by atoms with van der Waals surface area (Å²) in [6.07, 6.45) is 0. The van der Waals surface area contributed by atoms with Crippen LogP contribution in [0, 0.1) is 0 Å². The molecule has 0 spiro atoms. The Bertz CT molecular complexity index is 3.25. The summed E-state index contributed by atoms with van der Waals surface area (Å²) in [7, 11) is 0. The second-order valence-corrected chi connectivity index (χ2v) is 0. The molecule has 0 radical (unpaired) electrons. The quantitative estimate of drug-likeness (QED) is 0.549. The number of hydrogen-bond acceptors (Lipinski definition) is 0. The summed E-state index contributed by atoms with van der Waals surface area (Å²) >= 11 is 0. The third-order valence-corrected chi connectivity index (χ3v) is 0. The Labute approximate surface area is 84.8 Å². The average Bonchev–Trinajstić information content (AvgIpc) is 0. The van der Waals surface area contributed by atoms with Gasteiger partial charge in [0.1, 0.15) is 0 Å². The molecular formula is Ti3W. The van der Waals surface area contributed by atoms with Crippen LogP contribution in [0.25, 0.3) is 0 Å². The van der Waals surface area contributed by atoms with Gasteiger partial charge in [-0.15, -0.1) is 0 Å². The molecule has 0 fully saturated rings. The Morgan fingerprint density at radius 1 is 0.500 bits per heavy atom. The van der Waals surface area contributed by atoms with Crippen LogP contribution in [-0.4, -0.2) is 0 Å². The molecule has 0 aliphatic carbocycles. The van der Waals surface area contributed by atoms with Crippen molar-refractivity contribution in [1.82, 2.24) is 0 Å². The molecule has 0 aromatic carbocycles. The van der Waals surface area contributed by atoms with Crippen LogP contribution < -0.4 is 0 Å². The Balaban J connectivity index is 0. The van der Waals surface area contributed by atoms with Gasteiger partial charge in [0, 0.05) is 86.2 Å². The van der Waals surface area contributed by atoms with Gasteiger partial charge in [-0.1, -0.05) is 0 Å². The predicted molar refractivity (Wildman–Crippen MR) is 0 cm³/mol. The van der Waals surface area contributed by atoms with Crippen LogP contribution >= 0.6 is 0 Å². The molecule has 4 heavy (non-hydrogen) atoms. The molecule has 0 unspecified atom stereocenters. The minimum absolute atomic E-state index is 0. The Kier molecular flexibility index (Phi) is 123. The van der Waals surface area contributed by atoms with Gasteiger partial charge in [0.05, 0.1) is 0 Å². The van der Waals surface area contributed by atoms with Gasteiger partial charge < -0.3 is 0 Å². The van der Waals surface area contributed by atoms with Crippen molar-refractivity contribution in [2.24, 2.45) is 0 Å². The monoisotopic (exact) mass is 328 g/mol. The molecule has 0 heterocycles. The summed E-state index contributed by atoms with van der Waals surface area (Å²) in [6.45, 7) is 0. The molecule has 0 N–H and O–H groups in total. The van der Waals surface area contributed by atoms with E-state index in [9.17, 15) is 0 Å². The first-order valence-electron chi connectivity index (χ1n) is 0. The molecule has 18 valence electrons. The van der Waals surface area contributed by atoms with Gasteiger partial charge >= 0.3 is 0 Å². The third kappa shape index (κ3) is 8.85. The molecule has 4 heteroatoms. The molecule has 0 aliphatic rings. The van der Waals surface area contributed by atoms with Crippen molar-refractivity contribution in [3.05, 3.63) is 0 Å². The molecule has 0 aliphatic heterocycles. The second kappa shape index (κ2) is 17.0. The van der Waals surface area contributed by atoms with E-state index < -0.39 is 0 Å². The maximum absolute atomic E-state index is 0. The normalized spacial score (nSPS) is 0. The van der Waals surface area contributed by atoms with Crippen LogP contribution in [0.5, 0.6) is 0 Å². The molecule has 0 nitrogen and oxygen atoms in total. The smallest absolute Gasteiger partial charge is 0 e. The molecule has 0 aromatic heterocycles. The largest absolute Gasteiger partial charge is 0 e. The number of hydrogen-bond donors (Lipinski definition) is 0. The summed E-state index contributed by atoms with van der Waals surface area (Å²) in [5, 5.41) is 0. The van der Waals surface area contributed by atoms with Crippen LogP contribution in [0.3, 0.4) is 0 Å². The van der Waals surface area contributed by atoms with Crippen LogP contribution in [0.4, 0.5) is 0 Å². The van der Waals surface area contributed by atoms with E-state index in [0.29, 0.717) is 0 Å². The van der Waals surface area contributed by atoms with Gasteiger partial charge in [0.2, 0.25) is 0 Å². The Morgan fingerprint density at radius 2 is 0.500 bits per heavy atom. The van der Waals surface area contributed by atoms with Gasteiger partial charge in [-0.2, -0.15) is 0 Å². The molecule has 0 saturated heterocycles. The third-order valence-electron chi connectivity index (χ3n) is 0. The summed E-state index contributed by atoms with van der Waals surface area (Å²) < 4.78 is 0. The maximum atomic E-state index is 0. The second-order valence-electron chi connectivity index (χ2n) is 0. The van der Waals surface area contributed by atoms with Crippen molar-refractivity contribution in [2.45, 2.75) is 0 Å². The van der Waals surface area contributed by atoms with Crippen molar-refractivity contribution in [2.75, 3.05) is 0 Å². The zero-order valence-corrected chi connectivity index (χ0v) is 9.53. The zero-order chi connectivity index (χ0) is 0. The summed E-state index contributed by atoms with van der Waals surface area (Å²) in [5.74, 6) is 0. The average molecular weight is 327 g/mol. The van der Waals surface area contributed by atoms with E-state index in [4.69, 9.17) is 0 Å². The zero-order valence-electron chi connectivity index (χ0n) is 1.91. The molecule has 0 saturated carbocycles. The summed E-state index contributed by atoms with van der Waals surface area (Å²) in [4.78, 5) is 0. The van der Waals surface area contributed by atoms with Crippen molar-refractivity contribution in [3.63, 3.8) is 0 Å². The van der Waals surface area contributed by atoms with Gasteiger partial charge in [-0.05, 0) is 0 Å². The van der Waals surface area contributed by atoms with E-state index in [1.807, 2.05) is 0 Å². The van der Waals surface area contributed by atoms with E-state index in [2.05, 4.69) is 0 Å². The Hall–Kier alpha value is 2.83. The van der Waals surface area contributed by atoms with Crippen LogP contribution in [0.1, 0.15) is 0 Å². The first-order chi connectivity index (χ1) is 0. The van der Waals surface area contributed by atoms with Crippen LogP contribution in [-0.2, 0) is 86.2 Å². The van der Waals surface area contributed by atoms with Gasteiger partial charge in [-0.25, -0.2) is 0 Å². The summed E-state index contributed by atoms with van der Waals surface area (Å²) in [5.41, 5.74) is 0. The molecular weight excluding hydrogens is 327 g/mol. The fraction of sp³-hybridized carbons (Fsp3) is 0. The molecule has 0 atom stereocenters. The van der Waals surface area contributed by atoms with Gasteiger partial charge in [0.15, 0.2) is 0 Å². The minimum atomic E-state index is 0. The number of rotatable bonds is 0. The fourth-order valence-electron chi connectivity index (χ4n) is 0. The van der Waals surface area contributed by atoms with E-state index in [1.165, 1.54) is 0 Å². The first kappa shape index (κ1) is 29.0. The first-order valence-corrected chi connectivity index (χ1v) is 0. The van der Waals surface area contributed by atoms with Crippen molar-refractivity contribution in [3.8, 4) is 0 Å². The fourth-order valence-corrected chi connectivity index (χ4v) is 0. The van der Waals surface area contributed by atoms with Crippen molar-refractivity contribution >= 4 is 0 Å². The predicted octanol–water partition coefficient (Wildman–Crippen LogP) is -0.0100. The van der Waals surface area contributed by atoms with Crippen LogP contribution in [0.15, 0.2) is 0 Å². The van der Waals surface area contributed by atoms with E-state index >= 15 is 0 Å². The van der Waals surface area contributed by atoms with Gasteiger partial charge in [-0.3, -0.25) is 0 Å². The molecule has 0 aromatic rings. The molecule has 0 rings (SSSR count). The SMILES string of the molecule is [Ti].[Ti].[Ti].[W]. The summed E-state index contributed by atoms with van der Waals surface area (Å²) in [6, 6.07) is 0. The van der Waals surface area contributed by atoms with E-state index in [-0.39, 0.29) is 86.2 Å².